The number of fused-ring (bicyclic) bond motifs is 1. The molecule has 0 atom stereocenters. The Labute approximate surface area is 207 Å². The second-order valence-electron chi connectivity index (χ2n) is 8.88. The van der Waals surface area contributed by atoms with Gasteiger partial charge < -0.3 is 10.4 Å². The predicted molar refractivity (Wildman–Crippen MR) is 145 cm³/mol. The van der Waals surface area contributed by atoms with Crippen LogP contribution in [0.25, 0.3) is 16.5 Å². The fourth-order valence-electron chi connectivity index (χ4n) is 4.45. The molecule has 2 N–H and O–H groups in total. The quantitative estimate of drug-likeness (QED) is 0.249. The van der Waals surface area contributed by atoms with Crippen molar-refractivity contribution >= 4 is 28.1 Å². The molecule has 35 heavy (non-hydrogen) atoms. The lowest BCUT2D eigenvalue weighted by molar-refractivity contribution is 0.102. The van der Waals surface area contributed by atoms with Crippen LogP contribution in [0.3, 0.4) is 0 Å². The van der Waals surface area contributed by atoms with Crippen LogP contribution in [0.5, 0.6) is 5.75 Å². The number of phenols is 1. The number of hydrogen-bond acceptors (Lipinski definition) is 3. The van der Waals surface area contributed by atoms with Crippen molar-refractivity contribution in [3.63, 3.8) is 0 Å². The van der Waals surface area contributed by atoms with E-state index in [0.29, 0.717) is 17.7 Å². The maximum absolute atomic E-state index is 13.5. The molecule has 1 aromatic heterocycles. The van der Waals surface area contributed by atoms with E-state index in [1.54, 1.807) is 18.3 Å². The van der Waals surface area contributed by atoms with Crippen LogP contribution in [0, 0.1) is 6.92 Å². The molecule has 0 saturated carbocycles. The molecule has 0 aliphatic rings. The summed E-state index contributed by atoms with van der Waals surface area (Å²) in [5.74, 6) is 0.143. The van der Waals surface area contributed by atoms with E-state index < -0.39 is 0 Å². The molecule has 0 bridgehead atoms. The second-order valence-corrected chi connectivity index (χ2v) is 8.88. The van der Waals surface area contributed by atoms with Crippen molar-refractivity contribution in [1.29, 1.82) is 0 Å². The summed E-state index contributed by atoms with van der Waals surface area (Å²) >= 11 is 0. The Kier molecular flexibility index (Phi) is 7.94. The Morgan fingerprint density at radius 1 is 0.971 bits per heavy atom. The molecule has 0 aliphatic heterocycles. The number of benzene rings is 3. The van der Waals surface area contributed by atoms with Gasteiger partial charge in [0.25, 0.3) is 5.91 Å². The van der Waals surface area contributed by atoms with E-state index in [2.05, 4.69) is 23.3 Å². The number of unbranched alkanes of at least 4 members (excludes halogenated alkanes) is 2. The van der Waals surface area contributed by atoms with Crippen molar-refractivity contribution < 1.29 is 9.90 Å². The molecular formula is C31H32N2O2. The first-order valence-electron chi connectivity index (χ1n) is 12.3. The van der Waals surface area contributed by atoms with Gasteiger partial charge in [0.15, 0.2) is 0 Å². The number of para-hydroxylation sites is 1. The van der Waals surface area contributed by atoms with Crippen LogP contribution in [0.15, 0.2) is 85.1 Å². The van der Waals surface area contributed by atoms with Crippen molar-refractivity contribution in [2.45, 2.75) is 46.0 Å². The standard InChI is InChI=1S/C31H32N2O2/c1-3-4-5-10-23(24-17-19-27(34)20-18-24)15-16-25-11-6-9-22(2)29(25)31(35)33-28-14-7-12-26-13-8-21-32-30(26)28/h6-9,11-15,17-21,34H,3-5,10,16H2,1-2H3,(H,33,35). The van der Waals surface area contributed by atoms with Gasteiger partial charge in [-0.05, 0) is 72.7 Å². The number of allylic oxidation sites excluding steroid dienone is 2. The summed E-state index contributed by atoms with van der Waals surface area (Å²) in [6, 6.07) is 23.1. The van der Waals surface area contributed by atoms with Gasteiger partial charge in [-0.25, -0.2) is 0 Å². The number of aromatic hydroxyl groups is 1. The predicted octanol–water partition coefficient (Wildman–Crippen LogP) is 7.71. The molecule has 4 aromatic rings. The molecule has 0 spiro atoms. The Morgan fingerprint density at radius 2 is 1.74 bits per heavy atom. The Bertz CT molecular complexity index is 1330. The first-order valence-corrected chi connectivity index (χ1v) is 12.3. The molecule has 178 valence electrons. The zero-order valence-electron chi connectivity index (χ0n) is 20.4. The van der Waals surface area contributed by atoms with Crippen LogP contribution in [0.4, 0.5) is 5.69 Å². The second kappa shape index (κ2) is 11.5. The van der Waals surface area contributed by atoms with E-state index in [1.807, 2.05) is 67.6 Å². The van der Waals surface area contributed by atoms with Crippen molar-refractivity contribution in [3.8, 4) is 5.75 Å². The van der Waals surface area contributed by atoms with Gasteiger partial charge in [0.1, 0.15) is 5.75 Å². The van der Waals surface area contributed by atoms with Gasteiger partial charge in [0.05, 0.1) is 11.2 Å². The molecule has 0 fully saturated rings. The average molecular weight is 465 g/mol. The summed E-state index contributed by atoms with van der Waals surface area (Å²) in [6.07, 6.45) is 9.03. The van der Waals surface area contributed by atoms with Gasteiger partial charge in [0.2, 0.25) is 0 Å². The van der Waals surface area contributed by atoms with Gasteiger partial charge in [-0.15, -0.1) is 0 Å². The number of pyridine rings is 1. The lowest BCUT2D eigenvalue weighted by Gasteiger charge is -2.14. The van der Waals surface area contributed by atoms with Gasteiger partial charge >= 0.3 is 0 Å². The monoisotopic (exact) mass is 464 g/mol. The number of hydrogen-bond donors (Lipinski definition) is 2. The lowest BCUT2D eigenvalue weighted by atomic mass is 9.94. The minimum atomic E-state index is -0.123. The van der Waals surface area contributed by atoms with E-state index in [4.69, 9.17) is 0 Å². The summed E-state index contributed by atoms with van der Waals surface area (Å²) in [5, 5.41) is 13.8. The number of nitrogens with zero attached hydrogens (tertiary/aromatic N) is 1. The Morgan fingerprint density at radius 3 is 2.54 bits per heavy atom. The number of anilines is 1. The number of phenolic OH excluding ortho intramolecular Hbond substituents is 1. The van der Waals surface area contributed by atoms with Gasteiger partial charge in [-0.3, -0.25) is 9.78 Å². The summed E-state index contributed by atoms with van der Waals surface area (Å²) in [6.45, 7) is 4.18. The Hall–Kier alpha value is -3.92. The van der Waals surface area contributed by atoms with Crippen molar-refractivity contribution in [2.24, 2.45) is 0 Å². The highest BCUT2D eigenvalue weighted by Crippen LogP contribution is 2.26. The molecule has 4 nitrogen and oxygen atoms in total. The summed E-state index contributed by atoms with van der Waals surface area (Å²) in [4.78, 5) is 17.9. The zero-order chi connectivity index (χ0) is 24.6. The summed E-state index contributed by atoms with van der Waals surface area (Å²) in [5.41, 5.74) is 6.48. The van der Waals surface area contributed by atoms with E-state index in [-0.39, 0.29) is 11.7 Å². The summed E-state index contributed by atoms with van der Waals surface area (Å²) < 4.78 is 0. The molecule has 1 amide bonds. The molecule has 0 aliphatic carbocycles. The van der Waals surface area contributed by atoms with E-state index >= 15 is 0 Å². The van der Waals surface area contributed by atoms with Crippen molar-refractivity contribution in [2.75, 3.05) is 5.32 Å². The largest absolute Gasteiger partial charge is 0.508 e. The molecule has 4 rings (SSSR count). The van der Waals surface area contributed by atoms with Crippen molar-refractivity contribution in [3.05, 3.63) is 107 Å². The molecule has 0 saturated heterocycles. The van der Waals surface area contributed by atoms with Crippen molar-refractivity contribution in [1.82, 2.24) is 4.98 Å². The Balaban J connectivity index is 1.63. The number of amides is 1. The van der Waals surface area contributed by atoms with Crippen LogP contribution in [0.2, 0.25) is 0 Å². The van der Waals surface area contributed by atoms with Crippen LogP contribution >= 0.6 is 0 Å². The van der Waals surface area contributed by atoms with Gasteiger partial charge in [-0.1, -0.05) is 74.4 Å². The highest BCUT2D eigenvalue weighted by atomic mass is 16.3. The van der Waals surface area contributed by atoms with Crippen LogP contribution in [-0.4, -0.2) is 16.0 Å². The summed E-state index contributed by atoms with van der Waals surface area (Å²) in [7, 11) is 0. The van der Waals surface area contributed by atoms with Crippen LogP contribution in [-0.2, 0) is 6.42 Å². The lowest BCUT2D eigenvalue weighted by Crippen LogP contribution is -2.16. The maximum Gasteiger partial charge on any atom is 0.256 e. The molecular weight excluding hydrogens is 432 g/mol. The minimum Gasteiger partial charge on any atom is -0.508 e. The fourth-order valence-corrected chi connectivity index (χ4v) is 4.45. The first-order chi connectivity index (χ1) is 17.1. The first kappa shape index (κ1) is 24.2. The molecule has 3 aromatic carbocycles. The number of carbonyl (C=O) groups excluding carboxylic acids is 1. The third-order valence-electron chi connectivity index (χ3n) is 6.32. The topological polar surface area (TPSA) is 62.2 Å². The smallest absolute Gasteiger partial charge is 0.256 e. The van der Waals surface area contributed by atoms with Gasteiger partial charge in [0, 0.05) is 17.1 Å². The highest BCUT2D eigenvalue weighted by Gasteiger charge is 2.16. The van der Waals surface area contributed by atoms with Crippen LogP contribution in [0.1, 0.15) is 59.7 Å². The number of rotatable bonds is 9. The fraction of sp³-hybridized carbons (Fsp3) is 0.226. The molecule has 0 unspecified atom stereocenters. The van der Waals surface area contributed by atoms with Gasteiger partial charge in [-0.2, -0.15) is 0 Å². The number of aryl methyl sites for hydroxylation is 1. The number of nitrogens with one attached hydrogen (secondary N) is 1. The zero-order valence-corrected chi connectivity index (χ0v) is 20.4. The van der Waals surface area contributed by atoms with E-state index in [9.17, 15) is 9.90 Å². The highest BCUT2D eigenvalue weighted by molar-refractivity contribution is 6.09. The van der Waals surface area contributed by atoms with E-state index in [1.165, 1.54) is 12.0 Å². The molecule has 0 radical (unpaired) electrons. The SMILES string of the molecule is CCCCCC(=CCc1cccc(C)c1C(=O)Nc1cccc2cccnc12)c1ccc(O)cc1. The molecule has 4 heteroatoms. The number of carbonyl (C=O) groups is 1. The average Bonchev–Trinajstić information content (AvgIpc) is 2.87. The van der Waals surface area contributed by atoms with E-state index in [0.717, 1.165) is 46.9 Å². The third-order valence-corrected chi connectivity index (χ3v) is 6.32. The van der Waals surface area contributed by atoms with Crippen LogP contribution < -0.4 is 5.32 Å². The minimum absolute atomic E-state index is 0.123. The molecule has 1 heterocycles. The number of aromatic nitrogens is 1. The normalized spacial score (nSPS) is 11.5. The maximum atomic E-state index is 13.5. The third kappa shape index (κ3) is 5.96.